The van der Waals surface area contributed by atoms with Gasteiger partial charge in [0, 0.05) is 26.4 Å². The molecule has 2 saturated carbocycles. The zero-order chi connectivity index (χ0) is 32.6. The maximum Gasteiger partial charge on any atom is 0.270 e. The Morgan fingerprint density at radius 2 is 1.93 bits per heavy atom. The van der Waals surface area contributed by atoms with Crippen LogP contribution in [-0.4, -0.2) is 63.3 Å². The fraction of sp³-hybridized carbons (Fsp3) is 0.629. The first kappa shape index (κ1) is 32.2. The number of H-pyrrole nitrogens is 1. The number of carbonyl (C=O) groups is 3. The van der Waals surface area contributed by atoms with E-state index in [2.05, 4.69) is 46.8 Å². The lowest BCUT2D eigenvalue weighted by Gasteiger charge is -2.45. The van der Waals surface area contributed by atoms with Gasteiger partial charge in [-0.25, -0.2) is 4.98 Å². The quantitative estimate of drug-likeness (QED) is 0.263. The summed E-state index contributed by atoms with van der Waals surface area (Å²) in [5, 5.41) is 13.6. The van der Waals surface area contributed by atoms with Crippen LogP contribution in [0, 0.1) is 23.2 Å². The normalized spacial score (nSPS) is 27.0. The molecule has 2 aromatic heterocycles. The van der Waals surface area contributed by atoms with Crippen LogP contribution in [0.3, 0.4) is 0 Å². The second-order valence-corrected chi connectivity index (χ2v) is 14.4. The summed E-state index contributed by atoms with van der Waals surface area (Å²) in [6, 6.07) is 6.72. The second kappa shape index (κ2) is 12.8. The van der Waals surface area contributed by atoms with E-state index in [-0.39, 0.29) is 41.7 Å². The molecule has 11 nitrogen and oxygen atoms in total. The van der Waals surface area contributed by atoms with Crippen LogP contribution in [0.1, 0.15) is 101 Å². The van der Waals surface area contributed by atoms with E-state index in [9.17, 15) is 14.4 Å². The Hall–Kier alpha value is -3.73. The summed E-state index contributed by atoms with van der Waals surface area (Å²) in [5.41, 5.74) is 1.69. The van der Waals surface area contributed by atoms with Crippen molar-refractivity contribution < 1.29 is 19.1 Å². The molecular weight excluding hydrogens is 582 g/mol. The van der Waals surface area contributed by atoms with Crippen LogP contribution in [0.4, 0.5) is 0 Å². The Balaban J connectivity index is 1.32. The highest BCUT2D eigenvalue weighted by Gasteiger charge is 2.50. The largest absolute Gasteiger partial charge is 0.380 e. The topological polar surface area (TPSA) is 143 Å². The summed E-state index contributed by atoms with van der Waals surface area (Å²) >= 11 is 0. The molecule has 3 amide bonds. The minimum Gasteiger partial charge on any atom is -0.380 e. The Morgan fingerprint density at radius 1 is 1.13 bits per heavy atom. The third-order valence-electron chi connectivity index (χ3n) is 11.2. The number of nitrogens with zero attached hydrogens (tertiary/aromatic N) is 3. The minimum atomic E-state index is -0.931. The molecule has 3 heterocycles. The van der Waals surface area contributed by atoms with Crippen LogP contribution >= 0.6 is 0 Å². The average Bonchev–Trinajstić information content (AvgIpc) is 3.77. The molecule has 46 heavy (non-hydrogen) atoms. The highest BCUT2D eigenvalue weighted by Crippen LogP contribution is 2.45. The molecule has 2 aliphatic carbocycles. The van der Waals surface area contributed by atoms with Crippen LogP contribution in [0.15, 0.2) is 30.5 Å². The molecule has 4 N–H and O–H groups in total. The maximum atomic E-state index is 14.2. The van der Waals surface area contributed by atoms with Crippen LogP contribution in [-0.2, 0) is 26.8 Å². The number of likely N-dealkylation sites (N-methyl/N-ethyl adjacent to an activating group) is 1. The zero-order valence-electron chi connectivity index (χ0n) is 27.8. The van der Waals surface area contributed by atoms with Gasteiger partial charge in [0.15, 0.2) is 0 Å². The van der Waals surface area contributed by atoms with Crippen LogP contribution in [0.25, 0.3) is 11.0 Å². The van der Waals surface area contributed by atoms with Crippen molar-refractivity contribution in [3.63, 3.8) is 0 Å². The average molecular weight is 632 g/mol. The van der Waals surface area contributed by atoms with Gasteiger partial charge in [-0.05, 0) is 86.0 Å². The van der Waals surface area contributed by atoms with Gasteiger partial charge in [0.05, 0.1) is 29.1 Å². The molecule has 1 saturated heterocycles. The molecule has 6 atom stereocenters. The molecule has 3 aliphatic rings. The number of amides is 3. The number of aromatic nitrogens is 4. The number of aromatic amines is 1. The van der Waals surface area contributed by atoms with Crippen molar-refractivity contribution in [1.29, 1.82) is 0 Å². The van der Waals surface area contributed by atoms with E-state index >= 15 is 0 Å². The van der Waals surface area contributed by atoms with Crippen molar-refractivity contribution in [2.24, 2.45) is 30.2 Å². The molecule has 3 fully saturated rings. The monoisotopic (exact) mass is 631 g/mol. The fourth-order valence-corrected chi connectivity index (χ4v) is 8.07. The smallest absolute Gasteiger partial charge is 0.270 e. The van der Waals surface area contributed by atoms with Gasteiger partial charge >= 0.3 is 0 Å². The number of rotatable bonds is 10. The molecule has 3 aromatic rings. The van der Waals surface area contributed by atoms with E-state index in [0.717, 1.165) is 55.1 Å². The molecule has 0 radical (unpaired) electrons. The summed E-state index contributed by atoms with van der Waals surface area (Å²) < 4.78 is 7.43. The third-order valence-corrected chi connectivity index (χ3v) is 11.2. The van der Waals surface area contributed by atoms with E-state index in [1.54, 1.807) is 24.0 Å². The number of hydrogen-bond acceptors (Lipinski definition) is 6. The minimum absolute atomic E-state index is 0.134. The number of carbonyl (C=O) groups excluding carboxylic acids is 3. The molecule has 0 spiro atoms. The Morgan fingerprint density at radius 3 is 2.57 bits per heavy atom. The van der Waals surface area contributed by atoms with Crippen molar-refractivity contribution in [1.82, 2.24) is 35.7 Å². The van der Waals surface area contributed by atoms with Crippen molar-refractivity contribution in [3.8, 4) is 0 Å². The van der Waals surface area contributed by atoms with Crippen molar-refractivity contribution in [2.75, 3.05) is 19.8 Å². The Labute approximate surface area is 271 Å². The van der Waals surface area contributed by atoms with Gasteiger partial charge < -0.3 is 25.7 Å². The summed E-state index contributed by atoms with van der Waals surface area (Å²) in [5.74, 6) is 1.48. The summed E-state index contributed by atoms with van der Waals surface area (Å²) in [4.78, 5) is 49.4. The summed E-state index contributed by atoms with van der Waals surface area (Å²) in [7, 11) is 1.77. The number of nitrogens with one attached hydrogen (secondary N) is 4. The lowest BCUT2D eigenvalue weighted by atomic mass is 9.65. The molecule has 248 valence electrons. The molecule has 11 heteroatoms. The molecule has 1 aliphatic heterocycles. The number of aryl methyl sites for hydroxylation is 1. The van der Waals surface area contributed by atoms with Crippen molar-refractivity contribution in [3.05, 3.63) is 47.5 Å². The van der Waals surface area contributed by atoms with E-state index in [0.29, 0.717) is 42.9 Å². The van der Waals surface area contributed by atoms with Gasteiger partial charge in [-0.3, -0.25) is 19.1 Å². The highest BCUT2D eigenvalue weighted by atomic mass is 16.5. The van der Waals surface area contributed by atoms with E-state index in [1.807, 2.05) is 25.1 Å². The maximum absolute atomic E-state index is 14.2. The number of benzene rings is 1. The summed E-state index contributed by atoms with van der Waals surface area (Å²) in [6.45, 7) is 9.75. The van der Waals surface area contributed by atoms with Crippen LogP contribution in [0.5, 0.6) is 0 Å². The zero-order valence-corrected chi connectivity index (χ0v) is 27.8. The third kappa shape index (κ3) is 5.94. The number of hydrogen-bond donors (Lipinski definition) is 4. The van der Waals surface area contributed by atoms with Gasteiger partial charge in [-0.1, -0.05) is 39.7 Å². The molecule has 1 aromatic carbocycles. The Bertz CT molecular complexity index is 1580. The lowest BCUT2D eigenvalue weighted by molar-refractivity contribution is -0.136. The van der Waals surface area contributed by atoms with Crippen LogP contribution < -0.4 is 16.0 Å². The molecule has 5 unspecified atom stereocenters. The number of imidazole rings is 1. The van der Waals surface area contributed by atoms with Crippen molar-refractivity contribution >= 4 is 28.8 Å². The van der Waals surface area contributed by atoms with Gasteiger partial charge in [-0.2, -0.15) is 5.10 Å². The number of ether oxygens (including phenoxy) is 1. The van der Waals surface area contributed by atoms with Crippen molar-refractivity contribution in [2.45, 2.75) is 90.1 Å². The molecular formula is C35H49N7O4. The highest BCUT2D eigenvalue weighted by molar-refractivity contribution is 5.95. The lowest BCUT2D eigenvalue weighted by Crippen LogP contribution is -2.61. The SMILES string of the molecule is CCNC(=O)[C@H](NC(=O)C1(c2ccc3[nH]c(C(NC(=O)c4ccnn4C)C4CCC(C)CC4C)nc3c2)CCOC1)C1(C)CCC1. The predicted molar refractivity (Wildman–Crippen MR) is 175 cm³/mol. The first-order valence-electron chi connectivity index (χ1n) is 17.0. The first-order valence-corrected chi connectivity index (χ1v) is 17.0. The van der Waals surface area contributed by atoms with Gasteiger partial charge in [0.2, 0.25) is 11.8 Å². The van der Waals surface area contributed by atoms with Gasteiger partial charge in [-0.15, -0.1) is 0 Å². The van der Waals surface area contributed by atoms with Gasteiger partial charge in [0.1, 0.15) is 17.6 Å². The van der Waals surface area contributed by atoms with E-state index in [4.69, 9.17) is 9.72 Å². The molecule has 6 rings (SSSR count). The number of fused-ring (bicyclic) bond motifs is 1. The van der Waals surface area contributed by atoms with Gasteiger partial charge in [0.25, 0.3) is 5.91 Å². The summed E-state index contributed by atoms with van der Waals surface area (Å²) in [6.07, 6.45) is 8.19. The standard InChI is InChI=1S/C35H49N7O4/c1-6-36-32(44)29(34(4)13-7-14-34)41-33(45)35(15-17-46-20-35)23-9-11-25-26(19-23)39-30(38-25)28(24-10-8-21(2)18-22(24)3)40-31(43)27-12-16-37-42(27)5/h9,11-12,16,19,21-22,24,28-29H,6-8,10,13-15,17-18,20H2,1-5H3,(H,36,44)(H,38,39)(H,40,43)(H,41,45)/t21?,22?,24?,28?,29-,35?/m0/s1. The fourth-order valence-electron chi connectivity index (χ4n) is 8.07. The van der Waals surface area contributed by atoms with E-state index in [1.165, 1.54) is 0 Å². The Kier molecular flexibility index (Phi) is 8.98. The predicted octanol–water partition coefficient (Wildman–Crippen LogP) is 4.31. The van der Waals surface area contributed by atoms with E-state index < -0.39 is 11.5 Å². The molecule has 0 bridgehead atoms. The van der Waals surface area contributed by atoms with Crippen LogP contribution in [0.2, 0.25) is 0 Å². The second-order valence-electron chi connectivity index (χ2n) is 14.4. The first-order chi connectivity index (χ1) is 22.0.